The highest BCUT2D eigenvalue weighted by atomic mass is 32.2. The first-order chi connectivity index (χ1) is 8.92. The van der Waals surface area contributed by atoms with Crippen molar-refractivity contribution >= 4 is 33.0 Å². The van der Waals surface area contributed by atoms with E-state index in [1.807, 2.05) is 0 Å². The number of benzene rings is 1. The lowest BCUT2D eigenvalue weighted by molar-refractivity contribution is 0.0697. The minimum absolute atomic E-state index is 0.0405. The van der Waals surface area contributed by atoms with Gasteiger partial charge in [-0.05, 0) is 30.0 Å². The zero-order chi connectivity index (χ0) is 14.0. The van der Waals surface area contributed by atoms with Crippen LogP contribution in [0.1, 0.15) is 15.9 Å². The summed E-state index contributed by atoms with van der Waals surface area (Å²) in [5.41, 5.74) is 0.526. The molecule has 0 spiro atoms. The summed E-state index contributed by atoms with van der Waals surface area (Å²) < 4.78 is 26.4. The third kappa shape index (κ3) is 2.77. The Morgan fingerprint density at radius 3 is 2.63 bits per heavy atom. The SMILES string of the molecule is Cc1cccc(NS(=O)(=O)c2ccsc2)c1C(=O)O. The molecule has 1 aromatic carbocycles. The summed E-state index contributed by atoms with van der Waals surface area (Å²) in [6.07, 6.45) is 0. The maximum Gasteiger partial charge on any atom is 0.338 e. The summed E-state index contributed by atoms with van der Waals surface area (Å²) in [7, 11) is -3.75. The molecule has 0 amide bonds. The van der Waals surface area contributed by atoms with Crippen molar-refractivity contribution in [2.75, 3.05) is 4.72 Å². The molecule has 0 unspecified atom stereocenters. The summed E-state index contributed by atoms with van der Waals surface area (Å²) in [4.78, 5) is 11.3. The molecule has 0 fully saturated rings. The second-order valence-corrected chi connectivity index (χ2v) is 6.33. The van der Waals surface area contributed by atoms with Crippen LogP contribution >= 0.6 is 11.3 Å². The topological polar surface area (TPSA) is 83.5 Å². The van der Waals surface area contributed by atoms with Crippen LogP contribution in [-0.4, -0.2) is 19.5 Å². The molecule has 0 aliphatic carbocycles. The monoisotopic (exact) mass is 297 g/mol. The van der Waals surface area contributed by atoms with E-state index in [0.717, 1.165) is 0 Å². The van der Waals surface area contributed by atoms with E-state index in [0.29, 0.717) is 5.56 Å². The van der Waals surface area contributed by atoms with Gasteiger partial charge in [0.2, 0.25) is 0 Å². The highest BCUT2D eigenvalue weighted by Gasteiger charge is 2.19. The first-order valence-electron chi connectivity index (χ1n) is 5.30. The van der Waals surface area contributed by atoms with Crippen LogP contribution in [0.3, 0.4) is 0 Å². The highest BCUT2D eigenvalue weighted by Crippen LogP contribution is 2.23. The second-order valence-electron chi connectivity index (χ2n) is 3.87. The molecule has 5 nitrogen and oxygen atoms in total. The van der Waals surface area contributed by atoms with Crippen molar-refractivity contribution in [1.29, 1.82) is 0 Å². The van der Waals surface area contributed by atoms with E-state index in [2.05, 4.69) is 4.72 Å². The molecule has 0 radical (unpaired) electrons. The lowest BCUT2D eigenvalue weighted by Crippen LogP contribution is -2.15. The van der Waals surface area contributed by atoms with Gasteiger partial charge in [-0.25, -0.2) is 13.2 Å². The molecule has 0 aliphatic heterocycles. The van der Waals surface area contributed by atoms with Crippen LogP contribution in [0, 0.1) is 6.92 Å². The normalized spacial score (nSPS) is 11.2. The smallest absolute Gasteiger partial charge is 0.338 e. The lowest BCUT2D eigenvalue weighted by atomic mass is 10.1. The van der Waals surface area contributed by atoms with Gasteiger partial charge in [-0.2, -0.15) is 11.3 Å². The van der Waals surface area contributed by atoms with Crippen LogP contribution in [0.15, 0.2) is 39.9 Å². The van der Waals surface area contributed by atoms with Crippen molar-refractivity contribution in [3.63, 3.8) is 0 Å². The van der Waals surface area contributed by atoms with Crippen LogP contribution in [0.2, 0.25) is 0 Å². The van der Waals surface area contributed by atoms with Gasteiger partial charge < -0.3 is 5.11 Å². The Morgan fingerprint density at radius 1 is 1.32 bits per heavy atom. The van der Waals surface area contributed by atoms with E-state index < -0.39 is 16.0 Å². The molecular formula is C12H11NO4S2. The molecule has 2 rings (SSSR count). The van der Waals surface area contributed by atoms with Gasteiger partial charge in [0.05, 0.1) is 16.1 Å². The maximum absolute atomic E-state index is 12.1. The largest absolute Gasteiger partial charge is 0.478 e. The van der Waals surface area contributed by atoms with E-state index in [9.17, 15) is 13.2 Å². The fraction of sp³-hybridized carbons (Fsp3) is 0.0833. The Hall–Kier alpha value is -1.86. The van der Waals surface area contributed by atoms with Crippen molar-refractivity contribution in [2.24, 2.45) is 0 Å². The zero-order valence-electron chi connectivity index (χ0n) is 9.95. The fourth-order valence-electron chi connectivity index (χ4n) is 1.65. The number of anilines is 1. The quantitative estimate of drug-likeness (QED) is 0.908. The molecule has 2 aromatic rings. The molecule has 2 N–H and O–H groups in total. The Bertz CT molecular complexity index is 705. The van der Waals surface area contributed by atoms with Crippen LogP contribution in [0.4, 0.5) is 5.69 Å². The zero-order valence-corrected chi connectivity index (χ0v) is 11.6. The number of nitrogens with one attached hydrogen (secondary N) is 1. The summed E-state index contributed by atoms with van der Waals surface area (Å²) in [6, 6.07) is 6.11. The number of hydrogen-bond donors (Lipinski definition) is 2. The van der Waals surface area contributed by atoms with Crippen molar-refractivity contribution in [3.05, 3.63) is 46.2 Å². The van der Waals surface area contributed by atoms with E-state index in [-0.39, 0.29) is 16.1 Å². The maximum atomic E-state index is 12.1. The summed E-state index contributed by atoms with van der Waals surface area (Å²) >= 11 is 1.26. The summed E-state index contributed by atoms with van der Waals surface area (Å²) in [6.45, 7) is 1.62. The molecule has 1 aromatic heterocycles. The molecule has 100 valence electrons. The van der Waals surface area contributed by atoms with Gasteiger partial charge in [-0.15, -0.1) is 0 Å². The minimum atomic E-state index is -3.75. The van der Waals surface area contributed by atoms with Crippen LogP contribution < -0.4 is 4.72 Å². The first-order valence-corrected chi connectivity index (χ1v) is 7.72. The standard InChI is InChI=1S/C12H11NO4S2/c1-8-3-2-4-10(11(8)12(14)15)13-19(16,17)9-5-6-18-7-9/h2-7,13H,1H3,(H,14,15). The molecule has 0 saturated carbocycles. The van der Waals surface area contributed by atoms with Gasteiger partial charge in [-0.1, -0.05) is 12.1 Å². The lowest BCUT2D eigenvalue weighted by Gasteiger charge is -2.11. The van der Waals surface area contributed by atoms with E-state index >= 15 is 0 Å². The molecule has 0 aliphatic rings. The van der Waals surface area contributed by atoms with Gasteiger partial charge in [0.25, 0.3) is 10.0 Å². The van der Waals surface area contributed by atoms with Crippen molar-refractivity contribution in [2.45, 2.75) is 11.8 Å². The number of sulfonamides is 1. The van der Waals surface area contributed by atoms with E-state index in [1.165, 1.54) is 28.8 Å². The van der Waals surface area contributed by atoms with E-state index in [1.54, 1.807) is 24.4 Å². The molecule has 1 heterocycles. The number of rotatable bonds is 4. The fourth-order valence-corrected chi connectivity index (χ4v) is 3.75. The molecule has 0 atom stereocenters. The van der Waals surface area contributed by atoms with Crippen LogP contribution in [0.25, 0.3) is 0 Å². The number of carboxylic acid groups (broad SMARTS) is 1. The molecule has 0 saturated heterocycles. The Kier molecular flexibility index (Phi) is 3.59. The Morgan fingerprint density at radius 2 is 2.05 bits per heavy atom. The van der Waals surface area contributed by atoms with Crippen molar-refractivity contribution < 1.29 is 18.3 Å². The third-order valence-corrected chi connectivity index (χ3v) is 4.73. The summed E-state index contributed by atoms with van der Waals surface area (Å²) in [5, 5.41) is 12.3. The van der Waals surface area contributed by atoms with Crippen LogP contribution in [0.5, 0.6) is 0 Å². The first kappa shape index (κ1) is 13.6. The number of hydrogen-bond acceptors (Lipinski definition) is 4. The van der Waals surface area contributed by atoms with Gasteiger partial charge >= 0.3 is 5.97 Å². The number of carboxylic acids is 1. The van der Waals surface area contributed by atoms with E-state index in [4.69, 9.17) is 5.11 Å². The number of carbonyl (C=O) groups is 1. The Labute approximate surface area is 114 Å². The van der Waals surface area contributed by atoms with Gasteiger partial charge in [0, 0.05) is 5.38 Å². The van der Waals surface area contributed by atoms with Gasteiger partial charge in [0.15, 0.2) is 0 Å². The summed E-state index contributed by atoms with van der Waals surface area (Å²) in [5.74, 6) is -1.17. The molecule has 19 heavy (non-hydrogen) atoms. The molecule has 7 heteroatoms. The van der Waals surface area contributed by atoms with Crippen LogP contribution in [-0.2, 0) is 10.0 Å². The van der Waals surface area contributed by atoms with Gasteiger partial charge in [-0.3, -0.25) is 4.72 Å². The van der Waals surface area contributed by atoms with Crippen molar-refractivity contribution in [1.82, 2.24) is 0 Å². The predicted molar refractivity (Wildman–Crippen MR) is 73.3 cm³/mol. The average Bonchev–Trinajstić information content (AvgIpc) is 2.81. The number of aryl methyl sites for hydroxylation is 1. The number of aromatic carboxylic acids is 1. The third-order valence-electron chi connectivity index (χ3n) is 2.54. The molecule has 0 bridgehead atoms. The molecular weight excluding hydrogens is 286 g/mol. The number of thiophene rings is 1. The second kappa shape index (κ2) is 5.02. The average molecular weight is 297 g/mol. The Balaban J connectivity index is 2.45. The minimum Gasteiger partial charge on any atom is -0.478 e. The highest BCUT2D eigenvalue weighted by molar-refractivity contribution is 7.92. The van der Waals surface area contributed by atoms with Gasteiger partial charge in [0.1, 0.15) is 0 Å². The predicted octanol–water partition coefficient (Wildman–Crippen LogP) is 2.56. The van der Waals surface area contributed by atoms with Crippen molar-refractivity contribution in [3.8, 4) is 0 Å².